The highest BCUT2D eigenvalue weighted by Gasteiger charge is 2.41. The van der Waals surface area contributed by atoms with Gasteiger partial charge in [-0.05, 0) is 55.6 Å². The van der Waals surface area contributed by atoms with Crippen molar-refractivity contribution in [2.24, 2.45) is 0 Å². The molecule has 1 saturated heterocycles. The number of hydrogen-bond acceptors (Lipinski definition) is 6. The quantitative estimate of drug-likeness (QED) is 0.296. The Morgan fingerprint density at radius 1 is 1.07 bits per heavy atom. The van der Waals surface area contributed by atoms with E-state index in [2.05, 4.69) is 10.6 Å². The average Bonchev–Trinajstić information content (AvgIpc) is 3.69. The van der Waals surface area contributed by atoms with E-state index in [-0.39, 0.29) is 29.8 Å². The van der Waals surface area contributed by atoms with E-state index in [0.717, 1.165) is 52.4 Å². The van der Waals surface area contributed by atoms with Gasteiger partial charge in [0.2, 0.25) is 0 Å². The van der Waals surface area contributed by atoms with E-state index in [1.165, 1.54) is 6.07 Å². The molecule has 6 nitrogen and oxygen atoms in total. The lowest BCUT2D eigenvalue weighted by Crippen LogP contribution is -2.59. The second kappa shape index (κ2) is 12.3. The molecule has 1 aliphatic carbocycles. The van der Waals surface area contributed by atoms with Crippen LogP contribution in [0.2, 0.25) is 15.1 Å². The van der Waals surface area contributed by atoms with Crippen molar-refractivity contribution in [3.05, 3.63) is 90.1 Å². The van der Waals surface area contributed by atoms with Gasteiger partial charge in [-0.3, -0.25) is 9.69 Å². The SMILES string of the molecule is CN(Cc1ncc(C2=C(C(=O)N(Cc3cccc(Cl)c3Cl)C3CC3)[C@H]3CNC[C@@H](C2)N3)s1)Cc1c(F)cccc1Cl. The zero-order chi connectivity index (χ0) is 28.7. The van der Waals surface area contributed by atoms with Gasteiger partial charge in [0, 0.05) is 60.6 Å². The molecule has 1 saturated carbocycles. The summed E-state index contributed by atoms with van der Waals surface area (Å²) in [4.78, 5) is 24.1. The van der Waals surface area contributed by atoms with Crippen molar-refractivity contribution in [3.8, 4) is 0 Å². The predicted octanol–water partition coefficient (Wildman–Crippen LogP) is 6.15. The summed E-state index contributed by atoms with van der Waals surface area (Å²) in [6.45, 7) is 2.87. The van der Waals surface area contributed by atoms with Gasteiger partial charge in [0.05, 0.1) is 27.5 Å². The van der Waals surface area contributed by atoms with Crippen LogP contribution in [0.1, 0.15) is 40.3 Å². The fraction of sp³-hybridized carbons (Fsp3) is 0.400. The van der Waals surface area contributed by atoms with E-state index in [4.69, 9.17) is 39.8 Å². The summed E-state index contributed by atoms with van der Waals surface area (Å²) < 4.78 is 14.3. The van der Waals surface area contributed by atoms with Crippen LogP contribution in [0.15, 0.2) is 48.2 Å². The number of hydrogen-bond donors (Lipinski definition) is 2. The van der Waals surface area contributed by atoms with Gasteiger partial charge in [-0.1, -0.05) is 53.0 Å². The van der Waals surface area contributed by atoms with Crippen molar-refractivity contribution in [1.82, 2.24) is 25.4 Å². The van der Waals surface area contributed by atoms with E-state index in [9.17, 15) is 9.18 Å². The number of aromatic nitrogens is 1. The summed E-state index contributed by atoms with van der Waals surface area (Å²) >= 11 is 20.7. The van der Waals surface area contributed by atoms with Crippen LogP contribution in [0, 0.1) is 5.82 Å². The molecule has 1 amide bonds. The van der Waals surface area contributed by atoms with Crippen LogP contribution in [0.4, 0.5) is 4.39 Å². The zero-order valence-electron chi connectivity index (χ0n) is 22.6. The van der Waals surface area contributed by atoms with Gasteiger partial charge in [0.15, 0.2) is 0 Å². The van der Waals surface area contributed by atoms with Crippen LogP contribution < -0.4 is 10.6 Å². The molecule has 3 aromatic rings. The van der Waals surface area contributed by atoms with Gasteiger partial charge in [-0.25, -0.2) is 9.37 Å². The first-order chi connectivity index (χ1) is 19.8. The van der Waals surface area contributed by atoms with Crippen LogP contribution in [0.5, 0.6) is 0 Å². The first-order valence-corrected chi connectivity index (χ1v) is 15.7. The number of halogens is 4. The third-order valence-electron chi connectivity index (χ3n) is 7.90. The van der Waals surface area contributed by atoms with Gasteiger partial charge in [-0.2, -0.15) is 0 Å². The molecule has 2 atom stereocenters. The number of rotatable bonds is 9. The van der Waals surface area contributed by atoms with Crippen molar-refractivity contribution < 1.29 is 9.18 Å². The number of carbonyl (C=O) groups is 1. The minimum absolute atomic E-state index is 0.0412. The zero-order valence-corrected chi connectivity index (χ0v) is 25.7. The number of nitrogens with zero attached hydrogens (tertiary/aromatic N) is 3. The molecule has 3 aliphatic rings. The van der Waals surface area contributed by atoms with Crippen molar-refractivity contribution in [1.29, 1.82) is 0 Å². The molecular weight excluding hydrogens is 604 g/mol. The van der Waals surface area contributed by atoms with Crippen molar-refractivity contribution >= 4 is 57.6 Å². The maximum Gasteiger partial charge on any atom is 0.252 e. The molecule has 6 rings (SSSR count). The van der Waals surface area contributed by atoms with E-state index < -0.39 is 0 Å². The average molecular weight is 635 g/mol. The topological polar surface area (TPSA) is 60.5 Å². The summed E-state index contributed by atoms with van der Waals surface area (Å²) in [6.07, 6.45) is 4.59. The van der Waals surface area contributed by atoms with Crippen molar-refractivity contribution in [3.63, 3.8) is 0 Å². The number of fused-ring (bicyclic) bond motifs is 2. The Morgan fingerprint density at radius 3 is 2.63 bits per heavy atom. The Balaban J connectivity index is 1.28. The molecule has 0 radical (unpaired) electrons. The summed E-state index contributed by atoms with van der Waals surface area (Å²) in [5.41, 5.74) is 3.20. The van der Waals surface area contributed by atoms with Gasteiger partial charge in [-0.15, -0.1) is 11.3 Å². The Morgan fingerprint density at radius 2 is 1.85 bits per heavy atom. The molecule has 2 N–H and O–H groups in total. The van der Waals surface area contributed by atoms with E-state index in [0.29, 0.717) is 46.8 Å². The molecule has 2 bridgehead atoms. The summed E-state index contributed by atoms with van der Waals surface area (Å²) in [5, 5.41) is 9.47. The van der Waals surface area contributed by atoms with Crippen molar-refractivity contribution in [2.45, 2.75) is 57.0 Å². The predicted molar refractivity (Wildman–Crippen MR) is 164 cm³/mol. The molecule has 0 unspecified atom stereocenters. The normalized spacial score (nSPS) is 20.5. The Hall–Kier alpha value is -2.04. The molecule has 11 heteroatoms. The Kier molecular flexibility index (Phi) is 8.71. The number of nitrogens with one attached hydrogen (secondary N) is 2. The van der Waals surface area contributed by atoms with E-state index in [1.807, 2.05) is 35.2 Å². The fourth-order valence-electron chi connectivity index (χ4n) is 5.72. The fourth-order valence-corrected chi connectivity index (χ4v) is 7.39. The van der Waals surface area contributed by atoms with Crippen LogP contribution in [-0.2, 0) is 24.4 Å². The Bertz CT molecular complexity index is 1470. The van der Waals surface area contributed by atoms with Crippen LogP contribution in [0.25, 0.3) is 5.57 Å². The lowest BCUT2D eigenvalue weighted by atomic mass is 9.86. The molecule has 2 aliphatic heterocycles. The van der Waals surface area contributed by atoms with Gasteiger partial charge in [0.1, 0.15) is 10.8 Å². The third-order valence-corrected chi connectivity index (χ3v) is 10.2. The lowest BCUT2D eigenvalue weighted by molar-refractivity contribution is -0.128. The molecule has 2 fully saturated rings. The lowest BCUT2D eigenvalue weighted by Gasteiger charge is -2.40. The van der Waals surface area contributed by atoms with Gasteiger partial charge in [0.25, 0.3) is 5.91 Å². The number of amides is 1. The van der Waals surface area contributed by atoms with Gasteiger partial charge >= 0.3 is 0 Å². The Labute approximate surface area is 258 Å². The number of thiazole rings is 1. The largest absolute Gasteiger partial charge is 0.331 e. The molecule has 41 heavy (non-hydrogen) atoms. The smallest absolute Gasteiger partial charge is 0.252 e. The minimum atomic E-state index is -0.313. The second-order valence-corrected chi connectivity index (χ2v) is 13.3. The number of carbonyl (C=O) groups excluding carboxylic acids is 1. The van der Waals surface area contributed by atoms with Crippen molar-refractivity contribution in [2.75, 3.05) is 20.1 Å². The summed E-state index contributed by atoms with van der Waals surface area (Å²) in [6, 6.07) is 10.7. The standard InChI is InChI=1S/C30H31Cl3FN5OS/c1-38(15-21-22(31)5-3-7-24(21)34)16-27-36-13-26(41-27)20-10-18-11-35-12-25(37-18)28(20)30(40)39(19-8-9-19)14-17-4-2-6-23(32)29(17)33/h2-7,13,18-19,25,35,37H,8-12,14-16H2,1H3/t18-,25-/m1/s1. The van der Waals surface area contributed by atoms with E-state index >= 15 is 0 Å². The third kappa shape index (κ3) is 6.34. The maximum atomic E-state index is 14.4. The highest BCUT2D eigenvalue weighted by atomic mass is 35.5. The molecule has 3 heterocycles. The van der Waals surface area contributed by atoms with Crippen LogP contribution in [0.3, 0.4) is 0 Å². The summed E-state index contributed by atoms with van der Waals surface area (Å²) in [5.74, 6) is -0.272. The van der Waals surface area contributed by atoms with Gasteiger partial charge < -0.3 is 15.5 Å². The second-order valence-electron chi connectivity index (χ2n) is 11.0. The molecule has 216 valence electrons. The van der Waals surface area contributed by atoms with E-state index in [1.54, 1.807) is 29.5 Å². The summed E-state index contributed by atoms with van der Waals surface area (Å²) in [7, 11) is 1.92. The molecule has 2 aromatic carbocycles. The van der Waals surface area contributed by atoms with Crippen LogP contribution >= 0.6 is 46.1 Å². The first kappa shape index (κ1) is 29.1. The number of piperazine rings is 1. The highest BCUT2D eigenvalue weighted by Crippen LogP contribution is 2.39. The monoisotopic (exact) mass is 633 g/mol. The minimum Gasteiger partial charge on any atom is -0.331 e. The highest BCUT2D eigenvalue weighted by molar-refractivity contribution is 7.12. The van der Waals surface area contributed by atoms with Crippen LogP contribution in [-0.4, -0.2) is 59.0 Å². The maximum absolute atomic E-state index is 14.4. The molecular formula is C30H31Cl3FN5OS. The first-order valence-electron chi connectivity index (χ1n) is 13.8. The number of benzene rings is 2. The molecule has 1 aromatic heterocycles. The molecule has 0 spiro atoms.